The van der Waals surface area contributed by atoms with Crippen LogP contribution in [-0.2, 0) is 9.53 Å². The van der Waals surface area contributed by atoms with Gasteiger partial charge in [-0.1, -0.05) is 6.07 Å². The summed E-state index contributed by atoms with van der Waals surface area (Å²) in [7, 11) is 1.46. The molecule has 0 aliphatic carbocycles. The van der Waals surface area contributed by atoms with E-state index < -0.39 is 23.3 Å². The minimum Gasteiger partial charge on any atom is -0.478 e. The maximum absolute atomic E-state index is 13.6. The van der Waals surface area contributed by atoms with E-state index in [0.29, 0.717) is 0 Å². The normalized spacial score (nSPS) is 11.2. The number of halogens is 1. The highest BCUT2D eigenvalue weighted by Gasteiger charge is 2.23. The number of carbonyl (C=O) groups excluding carboxylic acids is 1. The van der Waals surface area contributed by atoms with Crippen LogP contribution < -0.4 is 5.32 Å². The molecular weight excluding hydrogens is 253 g/mol. The van der Waals surface area contributed by atoms with Gasteiger partial charge in [-0.2, -0.15) is 0 Å². The van der Waals surface area contributed by atoms with Crippen molar-refractivity contribution in [3.8, 4) is 0 Å². The number of carboxylic acids is 1. The molecule has 0 aliphatic heterocycles. The molecule has 2 N–H and O–H groups in total. The van der Waals surface area contributed by atoms with Gasteiger partial charge in [0, 0.05) is 7.11 Å². The number of amides is 1. The van der Waals surface area contributed by atoms with Gasteiger partial charge < -0.3 is 15.2 Å². The SMILES string of the molecule is COC(C)(C)CC(=O)Nc1c(F)cccc1C(=O)O. The molecule has 0 unspecified atom stereocenters. The molecule has 0 aliphatic rings. The molecule has 0 aromatic heterocycles. The number of hydrogen-bond donors (Lipinski definition) is 2. The van der Waals surface area contributed by atoms with Crippen molar-refractivity contribution in [2.24, 2.45) is 0 Å². The van der Waals surface area contributed by atoms with Gasteiger partial charge in [0.25, 0.3) is 0 Å². The number of carboxylic acid groups (broad SMARTS) is 1. The molecule has 0 atom stereocenters. The quantitative estimate of drug-likeness (QED) is 0.859. The molecule has 6 heteroatoms. The highest BCUT2D eigenvalue weighted by Crippen LogP contribution is 2.21. The van der Waals surface area contributed by atoms with Crippen molar-refractivity contribution < 1.29 is 23.8 Å². The van der Waals surface area contributed by atoms with Gasteiger partial charge in [-0.25, -0.2) is 9.18 Å². The summed E-state index contributed by atoms with van der Waals surface area (Å²) in [5, 5.41) is 11.2. The van der Waals surface area contributed by atoms with Crippen molar-refractivity contribution in [3.05, 3.63) is 29.6 Å². The number of hydrogen-bond acceptors (Lipinski definition) is 3. The van der Waals surface area contributed by atoms with E-state index in [1.165, 1.54) is 19.2 Å². The van der Waals surface area contributed by atoms with Crippen molar-refractivity contribution in [1.82, 2.24) is 0 Å². The number of carbonyl (C=O) groups is 2. The smallest absolute Gasteiger partial charge is 0.337 e. The Morgan fingerprint density at radius 1 is 1.42 bits per heavy atom. The predicted octanol–water partition coefficient (Wildman–Crippen LogP) is 2.28. The Balaban J connectivity index is 2.94. The van der Waals surface area contributed by atoms with E-state index in [4.69, 9.17) is 9.84 Å². The first-order chi connectivity index (χ1) is 8.76. The molecule has 0 saturated heterocycles. The Morgan fingerprint density at radius 3 is 2.58 bits per heavy atom. The average molecular weight is 269 g/mol. The van der Waals surface area contributed by atoms with Crippen LogP contribution in [0, 0.1) is 5.82 Å². The number of ether oxygens (including phenoxy) is 1. The third kappa shape index (κ3) is 4.03. The van der Waals surface area contributed by atoms with Crippen LogP contribution in [0.25, 0.3) is 0 Å². The lowest BCUT2D eigenvalue weighted by Crippen LogP contribution is -2.30. The molecule has 0 heterocycles. The van der Waals surface area contributed by atoms with Crippen LogP contribution in [0.1, 0.15) is 30.6 Å². The van der Waals surface area contributed by atoms with Gasteiger partial charge in [0.1, 0.15) is 5.82 Å². The summed E-state index contributed by atoms with van der Waals surface area (Å²) in [6.45, 7) is 3.40. The maximum Gasteiger partial charge on any atom is 0.337 e. The van der Waals surface area contributed by atoms with Gasteiger partial charge in [-0.3, -0.25) is 4.79 Å². The largest absolute Gasteiger partial charge is 0.478 e. The molecule has 19 heavy (non-hydrogen) atoms. The Morgan fingerprint density at radius 2 is 2.05 bits per heavy atom. The molecule has 104 valence electrons. The Bertz CT molecular complexity index is 499. The van der Waals surface area contributed by atoms with Crippen molar-refractivity contribution in [1.29, 1.82) is 0 Å². The fraction of sp³-hybridized carbons (Fsp3) is 0.385. The number of nitrogens with one attached hydrogen (secondary N) is 1. The second-order valence-corrected chi connectivity index (χ2v) is 4.66. The molecular formula is C13H16FNO4. The molecule has 1 aromatic carbocycles. The average Bonchev–Trinajstić information content (AvgIpc) is 2.30. The summed E-state index contributed by atoms with van der Waals surface area (Å²) in [4.78, 5) is 22.7. The number of anilines is 1. The minimum atomic E-state index is -1.30. The molecule has 0 radical (unpaired) electrons. The molecule has 1 aromatic rings. The van der Waals surface area contributed by atoms with Crippen LogP contribution in [0.4, 0.5) is 10.1 Å². The van der Waals surface area contributed by atoms with Crippen LogP contribution in [0.3, 0.4) is 0 Å². The zero-order chi connectivity index (χ0) is 14.6. The Labute approximate surface area is 110 Å². The summed E-state index contributed by atoms with van der Waals surface area (Å²) in [6, 6.07) is 3.58. The lowest BCUT2D eigenvalue weighted by atomic mass is 10.0. The van der Waals surface area contributed by atoms with Crippen molar-refractivity contribution in [3.63, 3.8) is 0 Å². The summed E-state index contributed by atoms with van der Waals surface area (Å²) in [6.07, 6.45) is -0.0170. The van der Waals surface area contributed by atoms with Gasteiger partial charge in [0.2, 0.25) is 5.91 Å². The summed E-state index contributed by atoms with van der Waals surface area (Å²) in [5.41, 5.74) is -1.32. The van der Waals surface area contributed by atoms with E-state index in [-0.39, 0.29) is 17.7 Å². The van der Waals surface area contributed by atoms with Crippen LogP contribution in [0.15, 0.2) is 18.2 Å². The van der Waals surface area contributed by atoms with Crippen molar-refractivity contribution >= 4 is 17.6 Å². The third-order valence-electron chi connectivity index (χ3n) is 2.65. The summed E-state index contributed by atoms with van der Waals surface area (Å²) >= 11 is 0. The second-order valence-electron chi connectivity index (χ2n) is 4.66. The second kappa shape index (κ2) is 5.79. The zero-order valence-electron chi connectivity index (χ0n) is 11.0. The zero-order valence-corrected chi connectivity index (χ0v) is 11.0. The maximum atomic E-state index is 13.6. The fourth-order valence-corrected chi connectivity index (χ4v) is 1.47. The van der Waals surface area contributed by atoms with Gasteiger partial charge >= 0.3 is 5.97 Å². The minimum absolute atomic E-state index is 0.0170. The fourth-order valence-electron chi connectivity index (χ4n) is 1.47. The number of para-hydroxylation sites is 1. The van der Waals surface area contributed by atoms with Gasteiger partial charge in [0.15, 0.2) is 0 Å². The summed E-state index contributed by atoms with van der Waals surface area (Å²) < 4.78 is 18.7. The van der Waals surface area contributed by atoms with Crippen LogP contribution in [0.5, 0.6) is 0 Å². The summed E-state index contributed by atoms with van der Waals surface area (Å²) in [5.74, 6) is -2.61. The Kier molecular flexibility index (Phi) is 4.61. The van der Waals surface area contributed by atoms with E-state index >= 15 is 0 Å². The standard InChI is InChI=1S/C13H16FNO4/c1-13(2,19-3)7-10(16)15-11-8(12(17)18)5-4-6-9(11)14/h4-6H,7H2,1-3H3,(H,15,16)(H,17,18). The monoisotopic (exact) mass is 269 g/mol. The lowest BCUT2D eigenvalue weighted by Gasteiger charge is -2.22. The number of benzene rings is 1. The molecule has 0 fully saturated rings. The van der Waals surface area contributed by atoms with E-state index in [2.05, 4.69) is 5.32 Å². The van der Waals surface area contributed by atoms with Crippen LogP contribution in [0.2, 0.25) is 0 Å². The Hall–Kier alpha value is -1.95. The molecule has 1 amide bonds. The molecule has 0 spiro atoms. The van der Waals surface area contributed by atoms with Crippen molar-refractivity contribution in [2.75, 3.05) is 12.4 Å². The van der Waals surface area contributed by atoms with E-state index in [1.54, 1.807) is 13.8 Å². The molecule has 5 nitrogen and oxygen atoms in total. The van der Waals surface area contributed by atoms with Gasteiger partial charge in [-0.05, 0) is 26.0 Å². The highest BCUT2D eigenvalue weighted by molar-refractivity contribution is 6.00. The first-order valence-electron chi connectivity index (χ1n) is 5.63. The molecule has 0 bridgehead atoms. The lowest BCUT2D eigenvalue weighted by molar-refractivity contribution is -0.121. The number of rotatable bonds is 5. The van der Waals surface area contributed by atoms with E-state index in [0.717, 1.165) is 6.07 Å². The topological polar surface area (TPSA) is 75.6 Å². The first kappa shape index (κ1) is 15.1. The first-order valence-corrected chi connectivity index (χ1v) is 5.63. The number of aromatic carboxylic acids is 1. The molecule has 1 rings (SSSR count). The van der Waals surface area contributed by atoms with Crippen molar-refractivity contribution in [2.45, 2.75) is 25.9 Å². The van der Waals surface area contributed by atoms with Gasteiger partial charge in [-0.15, -0.1) is 0 Å². The third-order valence-corrected chi connectivity index (χ3v) is 2.65. The highest BCUT2D eigenvalue weighted by atomic mass is 19.1. The van der Waals surface area contributed by atoms with E-state index in [9.17, 15) is 14.0 Å². The van der Waals surface area contributed by atoms with Crippen LogP contribution >= 0.6 is 0 Å². The number of methoxy groups -OCH3 is 1. The molecule has 0 saturated carbocycles. The predicted molar refractivity (Wildman–Crippen MR) is 67.7 cm³/mol. The van der Waals surface area contributed by atoms with Gasteiger partial charge in [0.05, 0.1) is 23.3 Å². The van der Waals surface area contributed by atoms with Crippen LogP contribution in [-0.4, -0.2) is 29.7 Å². The van der Waals surface area contributed by atoms with E-state index in [1.807, 2.05) is 0 Å².